The van der Waals surface area contributed by atoms with Gasteiger partial charge in [0.15, 0.2) is 0 Å². The first-order valence-electron chi connectivity index (χ1n) is 7.10. The Morgan fingerprint density at radius 1 is 1.33 bits per heavy atom. The molecule has 2 rings (SSSR count). The summed E-state index contributed by atoms with van der Waals surface area (Å²) in [6.45, 7) is 2.17. The lowest BCUT2D eigenvalue weighted by atomic mass is 10.0. The molecule has 1 fully saturated rings. The summed E-state index contributed by atoms with van der Waals surface area (Å²) in [6.07, 6.45) is 5.60. The molecular weight excluding hydrogens is 238 g/mol. The topological polar surface area (TPSA) is 12.0 Å². The maximum absolute atomic E-state index is 3.47. The highest BCUT2D eigenvalue weighted by molar-refractivity contribution is 7.98. The van der Waals surface area contributed by atoms with E-state index in [1.807, 2.05) is 0 Å². The van der Waals surface area contributed by atoms with Crippen LogP contribution >= 0.6 is 11.8 Å². The Kier molecular flexibility index (Phi) is 5.58. The van der Waals surface area contributed by atoms with E-state index in [2.05, 4.69) is 55.3 Å². The Morgan fingerprint density at radius 3 is 3.00 bits per heavy atom. The first-order valence-corrected chi connectivity index (χ1v) is 8.25. The van der Waals surface area contributed by atoms with Crippen molar-refractivity contribution in [1.29, 1.82) is 0 Å². The third kappa shape index (κ3) is 4.03. The zero-order valence-electron chi connectivity index (χ0n) is 11.6. The van der Waals surface area contributed by atoms with Crippen LogP contribution in [0.4, 0.5) is 0 Å². The van der Waals surface area contributed by atoms with E-state index in [9.17, 15) is 0 Å². The normalized spacial score (nSPS) is 23.4. The van der Waals surface area contributed by atoms with Crippen LogP contribution in [-0.4, -0.2) is 18.8 Å². The van der Waals surface area contributed by atoms with Crippen LogP contribution in [0, 0.1) is 12.8 Å². The van der Waals surface area contributed by atoms with Crippen molar-refractivity contribution in [2.45, 2.75) is 44.4 Å². The van der Waals surface area contributed by atoms with Gasteiger partial charge in [-0.05, 0) is 50.5 Å². The van der Waals surface area contributed by atoms with Gasteiger partial charge in [-0.1, -0.05) is 36.2 Å². The van der Waals surface area contributed by atoms with E-state index in [-0.39, 0.29) is 0 Å². The van der Waals surface area contributed by atoms with Crippen molar-refractivity contribution < 1.29 is 0 Å². The monoisotopic (exact) mass is 263 g/mol. The third-order valence-corrected chi connectivity index (χ3v) is 5.08. The molecule has 1 saturated carbocycles. The standard InChI is InChI=1S/C16H25NS/c1-13-5-3-6-14(11-13)12-18-10-9-15-7-4-8-16(15)17-2/h3,5-6,11,15-17H,4,7-10,12H2,1-2H3. The molecule has 18 heavy (non-hydrogen) atoms. The van der Waals surface area contributed by atoms with Crippen LogP contribution in [0.1, 0.15) is 36.8 Å². The fraction of sp³-hybridized carbons (Fsp3) is 0.625. The summed E-state index contributed by atoms with van der Waals surface area (Å²) < 4.78 is 0. The molecule has 0 spiro atoms. The lowest BCUT2D eigenvalue weighted by Gasteiger charge is -2.18. The van der Waals surface area contributed by atoms with E-state index >= 15 is 0 Å². The maximum Gasteiger partial charge on any atom is 0.0184 e. The van der Waals surface area contributed by atoms with Crippen LogP contribution in [0.15, 0.2) is 24.3 Å². The quantitative estimate of drug-likeness (QED) is 0.778. The molecule has 1 aliphatic carbocycles. The zero-order chi connectivity index (χ0) is 12.8. The lowest BCUT2D eigenvalue weighted by Crippen LogP contribution is -2.29. The summed E-state index contributed by atoms with van der Waals surface area (Å²) in [5.41, 5.74) is 2.84. The first-order chi connectivity index (χ1) is 8.79. The second kappa shape index (κ2) is 7.20. The fourth-order valence-corrected chi connectivity index (χ4v) is 4.02. The van der Waals surface area contributed by atoms with Gasteiger partial charge in [-0.15, -0.1) is 0 Å². The molecule has 0 amide bonds. The summed E-state index contributed by atoms with van der Waals surface area (Å²) >= 11 is 2.09. The highest BCUT2D eigenvalue weighted by atomic mass is 32.2. The smallest absolute Gasteiger partial charge is 0.0184 e. The Balaban J connectivity index is 1.67. The Hall–Kier alpha value is -0.470. The van der Waals surface area contributed by atoms with E-state index < -0.39 is 0 Å². The maximum atomic E-state index is 3.47. The molecule has 1 N–H and O–H groups in total. The van der Waals surface area contributed by atoms with Crippen molar-refractivity contribution >= 4 is 11.8 Å². The van der Waals surface area contributed by atoms with E-state index in [1.165, 1.54) is 48.3 Å². The summed E-state index contributed by atoms with van der Waals surface area (Å²) in [5.74, 6) is 3.38. The van der Waals surface area contributed by atoms with E-state index in [1.54, 1.807) is 0 Å². The highest BCUT2D eigenvalue weighted by Gasteiger charge is 2.24. The van der Waals surface area contributed by atoms with Crippen molar-refractivity contribution in [2.24, 2.45) is 5.92 Å². The molecule has 2 heteroatoms. The number of hydrogen-bond donors (Lipinski definition) is 1. The lowest BCUT2D eigenvalue weighted by molar-refractivity contribution is 0.417. The van der Waals surface area contributed by atoms with Crippen LogP contribution < -0.4 is 5.32 Å². The molecule has 0 aromatic heterocycles. The van der Waals surface area contributed by atoms with Crippen LogP contribution in [-0.2, 0) is 5.75 Å². The van der Waals surface area contributed by atoms with E-state index in [0.717, 1.165) is 12.0 Å². The molecule has 1 aliphatic rings. The van der Waals surface area contributed by atoms with Crippen molar-refractivity contribution in [3.8, 4) is 0 Å². The van der Waals surface area contributed by atoms with Crippen LogP contribution in [0.3, 0.4) is 0 Å². The number of benzene rings is 1. The third-order valence-electron chi connectivity index (χ3n) is 4.01. The largest absolute Gasteiger partial charge is 0.317 e. The van der Waals surface area contributed by atoms with E-state index in [0.29, 0.717) is 0 Å². The van der Waals surface area contributed by atoms with Gasteiger partial charge >= 0.3 is 0 Å². The molecule has 0 saturated heterocycles. The molecule has 2 atom stereocenters. The van der Waals surface area contributed by atoms with Crippen molar-refractivity contribution in [2.75, 3.05) is 12.8 Å². The highest BCUT2D eigenvalue weighted by Crippen LogP contribution is 2.29. The minimum Gasteiger partial charge on any atom is -0.317 e. The van der Waals surface area contributed by atoms with Gasteiger partial charge in [0, 0.05) is 11.8 Å². The van der Waals surface area contributed by atoms with Gasteiger partial charge in [0.2, 0.25) is 0 Å². The predicted molar refractivity (Wildman–Crippen MR) is 82.1 cm³/mol. The van der Waals surface area contributed by atoms with Gasteiger partial charge < -0.3 is 5.32 Å². The van der Waals surface area contributed by atoms with Crippen molar-refractivity contribution in [3.63, 3.8) is 0 Å². The fourth-order valence-electron chi connectivity index (χ4n) is 2.99. The van der Waals surface area contributed by atoms with Gasteiger partial charge in [0.25, 0.3) is 0 Å². The Bertz CT molecular complexity index is 364. The second-order valence-electron chi connectivity index (χ2n) is 5.42. The van der Waals surface area contributed by atoms with E-state index in [4.69, 9.17) is 0 Å². The van der Waals surface area contributed by atoms with Crippen LogP contribution in [0.5, 0.6) is 0 Å². The zero-order valence-corrected chi connectivity index (χ0v) is 12.4. The molecule has 0 bridgehead atoms. The molecule has 0 heterocycles. The molecule has 0 radical (unpaired) electrons. The van der Waals surface area contributed by atoms with Crippen molar-refractivity contribution in [3.05, 3.63) is 35.4 Å². The molecule has 0 aliphatic heterocycles. The Labute approximate surface area is 116 Å². The number of rotatable bonds is 6. The van der Waals surface area contributed by atoms with Gasteiger partial charge in [-0.2, -0.15) is 11.8 Å². The SMILES string of the molecule is CNC1CCCC1CCSCc1cccc(C)c1. The van der Waals surface area contributed by atoms with Gasteiger partial charge in [-0.3, -0.25) is 0 Å². The summed E-state index contributed by atoms with van der Waals surface area (Å²) in [5, 5.41) is 3.47. The minimum atomic E-state index is 0.782. The molecule has 1 aromatic carbocycles. The molecule has 100 valence electrons. The number of thioether (sulfide) groups is 1. The van der Waals surface area contributed by atoms with Crippen LogP contribution in [0.2, 0.25) is 0 Å². The summed E-state index contributed by atoms with van der Waals surface area (Å²) in [4.78, 5) is 0. The number of aryl methyl sites for hydroxylation is 1. The van der Waals surface area contributed by atoms with Gasteiger partial charge in [0.05, 0.1) is 0 Å². The van der Waals surface area contributed by atoms with Crippen molar-refractivity contribution in [1.82, 2.24) is 5.32 Å². The average molecular weight is 263 g/mol. The van der Waals surface area contributed by atoms with Gasteiger partial charge in [0.1, 0.15) is 0 Å². The second-order valence-corrected chi connectivity index (χ2v) is 6.52. The van der Waals surface area contributed by atoms with Crippen LogP contribution in [0.25, 0.3) is 0 Å². The minimum absolute atomic E-state index is 0.782. The number of nitrogens with one attached hydrogen (secondary N) is 1. The molecule has 1 aromatic rings. The average Bonchev–Trinajstić information content (AvgIpc) is 2.82. The summed E-state index contributed by atoms with van der Waals surface area (Å²) in [7, 11) is 2.11. The Morgan fingerprint density at radius 2 is 2.22 bits per heavy atom. The van der Waals surface area contributed by atoms with Gasteiger partial charge in [-0.25, -0.2) is 0 Å². The first kappa shape index (κ1) is 14.0. The molecular formula is C16H25NS. The predicted octanol–water partition coefficient (Wildman–Crippen LogP) is 4.01. The number of hydrogen-bond acceptors (Lipinski definition) is 2. The molecule has 2 unspecified atom stereocenters. The molecule has 1 nitrogen and oxygen atoms in total. The summed E-state index contributed by atoms with van der Waals surface area (Å²) in [6, 6.07) is 9.67.